The van der Waals surface area contributed by atoms with E-state index in [-0.39, 0.29) is 11.5 Å². The van der Waals surface area contributed by atoms with E-state index < -0.39 is 22.7 Å². The number of rotatable bonds is 6. The van der Waals surface area contributed by atoms with Crippen molar-refractivity contribution in [1.29, 1.82) is 0 Å². The first-order valence-corrected chi connectivity index (χ1v) is 11.7. The maximum atomic E-state index is 10.8. The Labute approximate surface area is 197 Å². The summed E-state index contributed by atoms with van der Waals surface area (Å²) in [5.41, 5.74) is 4.24. The highest BCUT2D eigenvalue weighted by atomic mass is 32.2. The molecule has 34 heavy (non-hydrogen) atoms. The van der Waals surface area contributed by atoms with Crippen molar-refractivity contribution >= 4 is 44.5 Å². The van der Waals surface area contributed by atoms with Gasteiger partial charge >= 0.3 is 22.7 Å². The molecular formula is C22H14N4O6S2. The first-order chi connectivity index (χ1) is 16.5. The zero-order chi connectivity index (χ0) is 23.7. The summed E-state index contributed by atoms with van der Waals surface area (Å²) in [5.74, 6) is 0.350. The highest BCUT2D eigenvalue weighted by Crippen LogP contribution is 2.34. The molecule has 170 valence electrons. The zero-order valence-corrected chi connectivity index (χ0v) is 18.7. The monoisotopic (exact) mass is 494 g/mol. The summed E-state index contributed by atoms with van der Waals surface area (Å²) >= 11 is -4.85. The molecule has 5 rings (SSSR count). The molecule has 0 saturated carbocycles. The summed E-state index contributed by atoms with van der Waals surface area (Å²) in [4.78, 5) is 17.8. The minimum absolute atomic E-state index is 0.175. The smallest absolute Gasteiger partial charge is 0.357 e. The molecule has 0 spiro atoms. The fraction of sp³-hybridized carbons (Fsp3) is 0. The van der Waals surface area contributed by atoms with E-state index in [4.69, 9.17) is 17.5 Å². The van der Waals surface area contributed by atoms with Crippen LogP contribution in [0.1, 0.15) is 0 Å². The van der Waals surface area contributed by atoms with E-state index in [1.807, 2.05) is 24.3 Å². The Balaban J connectivity index is 1.59. The van der Waals surface area contributed by atoms with Gasteiger partial charge in [0.15, 0.2) is 11.5 Å². The van der Waals surface area contributed by atoms with Gasteiger partial charge in [0, 0.05) is 34.3 Å². The van der Waals surface area contributed by atoms with Gasteiger partial charge in [-0.05, 0) is 36.4 Å². The Morgan fingerprint density at radius 2 is 1.03 bits per heavy atom. The van der Waals surface area contributed by atoms with Crippen molar-refractivity contribution in [3.8, 4) is 34.0 Å². The van der Waals surface area contributed by atoms with Crippen LogP contribution in [0.3, 0.4) is 0 Å². The number of pyridine rings is 4. The van der Waals surface area contributed by atoms with Gasteiger partial charge in [-0.1, -0.05) is 12.1 Å². The third kappa shape index (κ3) is 4.34. The van der Waals surface area contributed by atoms with E-state index in [2.05, 4.69) is 19.9 Å². The number of aromatic nitrogens is 4. The normalized spacial score (nSPS) is 13.0. The third-order valence-electron chi connectivity index (χ3n) is 4.98. The standard InChI is InChI=1S/C22H14N4O6S2/c27-33(28)31-13-1-5-19(25-11-13)15-7-9-23-21-17(15)3-4-18-16(8-10-24-22(18)21)20-6-2-14(12-26-20)32-34(29)30/h1-12H,(H,27,28)(H,29,30). The molecule has 5 aromatic rings. The predicted octanol–water partition coefficient (Wildman–Crippen LogP) is 3.94. The summed E-state index contributed by atoms with van der Waals surface area (Å²) in [6, 6.07) is 14.0. The Hall–Kier alpha value is -3.84. The van der Waals surface area contributed by atoms with Crippen molar-refractivity contribution in [2.24, 2.45) is 0 Å². The van der Waals surface area contributed by atoms with E-state index in [9.17, 15) is 8.42 Å². The Morgan fingerprint density at radius 1 is 0.588 bits per heavy atom. The number of benzene rings is 1. The van der Waals surface area contributed by atoms with Crippen LogP contribution in [0.5, 0.6) is 11.5 Å². The quantitative estimate of drug-likeness (QED) is 0.263. The van der Waals surface area contributed by atoms with Crippen molar-refractivity contribution in [2.75, 3.05) is 0 Å². The predicted molar refractivity (Wildman–Crippen MR) is 126 cm³/mol. The van der Waals surface area contributed by atoms with Crippen molar-refractivity contribution in [3.05, 3.63) is 73.3 Å². The van der Waals surface area contributed by atoms with Crippen LogP contribution in [0.2, 0.25) is 0 Å². The molecule has 0 fully saturated rings. The molecule has 2 unspecified atom stereocenters. The van der Waals surface area contributed by atoms with Gasteiger partial charge in [0.2, 0.25) is 0 Å². The third-order valence-corrected chi connectivity index (χ3v) is 5.65. The topological polar surface area (TPSA) is 145 Å². The number of fused-ring (bicyclic) bond motifs is 3. The molecule has 2 atom stereocenters. The zero-order valence-electron chi connectivity index (χ0n) is 17.1. The van der Waals surface area contributed by atoms with E-state index in [0.717, 1.165) is 21.9 Å². The van der Waals surface area contributed by atoms with Gasteiger partial charge in [0.1, 0.15) is 0 Å². The van der Waals surface area contributed by atoms with Crippen molar-refractivity contribution in [2.45, 2.75) is 0 Å². The Kier molecular flexibility index (Phi) is 5.94. The number of hydrogen-bond acceptors (Lipinski definition) is 8. The van der Waals surface area contributed by atoms with Crippen LogP contribution in [0.15, 0.2) is 73.3 Å². The first kappa shape index (κ1) is 22.0. The second-order valence-corrected chi connectivity index (χ2v) is 8.14. The Morgan fingerprint density at radius 3 is 1.38 bits per heavy atom. The molecule has 4 heterocycles. The van der Waals surface area contributed by atoms with Crippen LogP contribution in [-0.2, 0) is 22.7 Å². The van der Waals surface area contributed by atoms with Crippen molar-refractivity contribution in [3.63, 3.8) is 0 Å². The average molecular weight is 495 g/mol. The molecule has 10 nitrogen and oxygen atoms in total. The maximum absolute atomic E-state index is 10.8. The van der Waals surface area contributed by atoms with Crippen LogP contribution in [0.25, 0.3) is 44.3 Å². The molecule has 0 saturated heterocycles. The van der Waals surface area contributed by atoms with Crippen LogP contribution in [-0.4, -0.2) is 37.5 Å². The highest BCUT2D eigenvalue weighted by Gasteiger charge is 2.14. The molecular weight excluding hydrogens is 480 g/mol. The Bertz CT molecular complexity index is 1440. The summed E-state index contributed by atoms with van der Waals surface area (Å²) in [7, 11) is 0. The lowest BCUT2D eigenvalue weighted by molar-refractivity contribution is 0.455. The highest BCUT2D eigenvalue weighted by molar-refractivity contribution is 7.74. The molecule has 4 aromatic heterocycles. The van der Waals surface area contributed by atoms with Crippen LogP contribution in [0.4, 0.5) is 0 Å². The molecule has 0 aliphatic carbocycles. The first-order valence-electron chi connectivity index (χ1n) is 9.67. The van der Waals surface area contributed by atoms with Crippen LogP contribution < -0.4 is 8.37 Å². The van der Waals surface area contributed by atoms with Gasteiger partial charge < -0.3 is 8.37 Å². The number of nitrogens with zero attached hydrogens (tertiary/aromatic N) is 4. The average Bonchev–Trinajstić information content (AvgIpc) is 2.83. The SMILES string of the molecule is O=S(O)Oc1ccc(-c2ccnc3c2ccc2c(-c4ccc(OS(=O)O)cn4)ccnc23)nc1. The second kappa shape index (κ2) is 9.19. The van der Waals surface area contributed by atoms with E-state index in [0.29, 0.717) is 22.4 Å². The van der Waals surface area contributed by atoms with Crippen molar-refractivity contribution < 1.29 is 25.9 Å². The summed E-state index contributed by atoms with van der Waals surface area (Å²) < 4.78 is 48.8. The molecule has 0 radical (unpaired) electrons. The second-order valence-electron chi connectivity index (χ2n) is 6.93. The molecule has 0 aliphatic heterocycles. The molecule has 12 heteroatoms. The van der Waals surface area contributed by atoms with Gasteiger partial charge in [-0.2, -0.15) is 8.42 Å². The van der Waals surface area contributed by atoms with E-state index in [1.165, 1.54) is 12.4 Å². The maximum Gasteiger partial charge on any atom is 0.357 e. The lowest BCUT2D eigenvalue weighted by Crippen LogP contribution is -1.98. The fourth-order valence-corrected chi connectivity index (χ4v) is 4.14. The summed E-state index contributed by atoms with van der Waals surface area (Å²) in [5, 5.41) is 1.65. The van der Waals surface area contributed by atoms with Gasteiger partial charge in [-0.15, -0.1) is 0 Å². The van der Waals surface area contributed by atoms with Gasteiger partial charge in [0.25, 0.3) is 0 Å². The summed E-state index contributed by atoms with van der Waals surface area (Å²) in [6.07, 6.45) is 6.08. The summed E-state index contributed by atoms with van der Waals surface area (Å²) in [6.45, 7) is 0. The van der Waals surface area contributed by atoms with E-state index in [1.54, 1.807) is 36.7 Å². The van der Waals surface area contributed by atoms with E-state index >= 15 is 0 Å². The van der Waals surface area contributed by atoms with Crippen LogP contribution >= 0.6 is 0 Å². The van der Waals surface area contributed by atoms with Gasteiger partial charge in [0.05, 0.1) is 34.8 Å². The molecule has 0 aliphatic rings. The molecule has 0 amide bonds. The lowest BCUT2D eigenvalue weighted by Gasteiger charge is -2.11. The molecule has 2 N–H and O–H groups in total. The van der Waals surface area contributed by atoms with Gasteiger partial charge in [-0.3, -0.25) is 29.0 Å². The number of hydrogen-bond donors (Lipinski definition) is 2. The molecule has 1 aromatic carbocycles. The fourth-order valence-electron chi connectivity index (χ4n) is 3.62. The minimum Gasteiger partial charge on any atom is -0.378 e. The lowest BCUT2D eigenvalue weighted by atomic mass is 10.00. The molecule has 0 bridgehead atoms. The van der Waals surface area contributed by atoms with Gasteiger partial charge in [-0.25, -0.2) is 0 Å². The van der Waals surface area contributed by atoms with Crippen molar-refractivity contribution in [1.82, 2.24) is 19.9 Å². The largest absolute Gasteiger partial charge is 0.378 e. The minimum atomic E-state index is -2.42. The van der Waals surface area contributed by atoms with Crippen LogP contribution in [0, 0.1) is 0 Å².